The van der Waals surface area contributed by atoms with Crippen LogP contribution in [0.15, 0.2) is 22.7 Å². The summed E-state index contributed by atoms with van der Waals surface area (Å²) in [5, 5.41) is 14.1. The van der Waals surface area contributed by atoms with E-state index in [1.165, 1.54) is 6.42 Å². The minimum Gasteiger partial charge on any atom is -0.367 e. The standard InChI is InChI=1S/C17H22BrClN2/c1-16(2,3)15-6-4-5-9-17(15,11-20)21-12-7-8-14(19)13(18)10-12/h7-8,10,15,21H,4-6,9H2,1-3H3. The number of benzene rings is 1. The van der Waals surface area contributed by atoms with Gasteiger partial charge in [0.1, 0.15) is 5.54 Å². The fraction of sp³-hybridized carbons (Fsp3) is 0.588. The van der Waals surface area contributed by atoms with Crippen molar-refractivity contribution in [2.75, 3.05) is 5.32 Å². The zero-order chi connectivity index (χ0) is 15.7. The molecule has 0 bridgehead atoms. The van der Waals surface area contributed by atoms with Gasteiger partial charge in [-0.25, -0.2) is 0 Å². The second-order valence-electron chi connectivity index (χ2n) is 7.00. The molecule has 1 aromatic rings. The Morgan fingerprint density at radius 3 is 2.67 bits per heavy atom. The van der Waals surface area contributed by atoms with Gasteiger partial charge in [0.15, 0.2) is 0 Å². The van der Waals surface area contributed by atoms with Crippen LogP contribution in [0.3, 0.4) is 0 Å². The van der Waals surface area contributed by atoms with Gasteiger partial charge in [0, 0.05) is 16.1 Å². The SMILES string of the molecule is CC(C)(C)C1CCCCC1(C#N)Nc1ccc(Cl)c(Br)c1. The number of halogens is 2. The molecule has 1 N–H and O–H groups in total. The van der Waals surface area contributed by atoms with E-state index in [1.54, 1.807) is 0 Å². The summed E-state index contributed by atoms with van der Waals surface area (Å²) in [4.78, 5) is 0. The molecule has 0 aromatic heterocycles. The second-order valence-corrected chi connectivity index (χ2v) is 8.26. The highest BCUT2D eigenvalue weighted by atomic mass is 79.9. The van der Waals surface area contributed by atoms with Crippen molar-refractivity contribution in [1.29, 1.82) is 5.26 Å². The van der Waals surface area contributed by atoms with Crippen molar-refractivity contribution in [3.05, 3.63) is 27.7 Å². The molecule has 0 spiro atoms. The van der Waals surface area contributed by atoms with Crippen LogP contribution >= 0.6 is 27.5 Å². The molecule has 4 heteroatoms. The monoisotopic (exact) mass is 368 g/mol. The molecule has 0 radical (unpaired) electrons. The molecule has 0 heterocycles. The number of hydrogen-bond donors (Lipinski definition) is 1. The lowest BCUT2D eigenvalue weighted by atomic mass is 9.62. The summed E-state index contributed by atoms with van der Waals surface area (Å²) < 4.78 is 0.852. The van der Waals surface area contributed by atoms with Gasteiger partial charge in [-0.3, -0.25) is 0 Å². The molecule has 1 saturated carbocycles. The molecule has 114 valence electrons. The van der Waals surface area contributed by atoms with Crippen LogP contribution in [0.2, 0.25) is 5.02 Å². The molecule has 1 aliphatic rings. The van der Waals surface area contributed by atoms with E-state index in [9.17, 15) is 5.26 Å². The van der Waals surface area contributed by atoms with Crippen molar-refractivity contribution in [2.45, 2.75) is 52.0 Å². The van der Waals surface area contributed by atoms with Gasteiger partial charge < -0.3 is 5.32 Å². The first-order valence-corrected chi connectivity index (χ1v) is 8.60. The molecule has 0 amide bonds. The van der Waals surface area contributed by atoms with Crippen LogP contribution in [0.4, 0.5) is 5.69 Å². The van der Waals surface area contributed by atoms with Crippen LogP contribution in [0.25, 0.3) is 0 Å². The number of hydrogen-bond acceptors (Lipinski definition) is 2. The summed E-state index contributed by atoms with van der Waals surface area (Å²) in [6, 6.07) is 8.35. The molecule has 1 fully saturated rings. The zero-order valence-electron chi connectivity index (χ0n) is 12.8. The van der Waals surface area contributed by atoms with E-state index >= 15 is 0 Å². The summed E-state index contributed by atoms with van der Waals surface area (Å²) in [6.07, 6.45) is 4.30. The van der Waals surface area contributed by atoms with Crippen molar-refractivity contribution in [3.8, 4) is 6.07 Å². The van der Waals surface area contributed by atoms with Crippen LogP contribution < -0.4 is 5.32 Å². The molecule has 2 atom stereocenters. The lowest BCUT2D eigenvalue weighted by molar-refractivity contribution is 0.127. The second kappa shape index (κ2) is 6.18. The number of nitrogens with one attached hydrogen (secondary N) is 1. The maximum absolute atomic E-state index is 9.91. The minimum atomic E-state index is -0.496. The minimum absolute atomic E-state index is 0.104. The van der Waals surface area contributed by atoms with E-state index in [2.05, 4.69) is 48.1 Å². The predicted molar refractivity (Wildman–Crippen MR) is 92.5 cm³/mol. The third-order valence-corrected chi connectivity index (χ3v) is 5.65. The van der Waals surface area contributed by atoms with Gasteiger partial charge in [0.2, 0.25) is 0 Å². The Morgan fingerprint density at radius 1 is 1.38 bits per heavy atom. The Hall–Kier alpha value is -0.720. The molecule has 21 heavy (non-hydrogen) atoms. The first-order valence-electron chi connectivity index (χ1n) is 7.43. The lowest BCUT2D eigenvalue weighted by Gasteiger charge is -2.46. The molecular weight excluding hydrogens is 348 g/mol. The first-order chi connectivity index (χ1) is 9.78. The van der Waals surface area contributed by atoms with E-state index in [-0.39, 0.29) is 5.41 Å². The first kappa shape index (κ1) is 16.6. The average Bonchev–Trinajstić information content (AvgIpc) is 2.42. The van der Waals surface area contributed by atoms with Gasteiger partial charge in [0.05, 0.1) is 11.1 Å². The maximum Gasteiger partial charge on any atom is 0.128 e. The Kier molecular flexibility index (Phi) is 4.90. The highest BCUT2D eigenvalue weighted by molar-refractivity contribution is 9.10. The predicted octanol–water partition coefficient (Wildman–Crippen LogP) is 6.01. The maximum atomic E-state index is 9.91. The largest absolute Gasteiger partial charge is 0.367 e. The fourth-order valence-corrected chi connectivity index (χ4v) is 3.98. The van der Waals surface area contributed by atoms with E-state index in [1.807, 2.05) is 18.2 Å². The van der Waals surface area contributed by atoms with Crippen LogP contribution in [0, 0.1) is 22.7 Å². The number of nitriles is 1. The lowest BCUT2D eigenvalue weighted by Crippen LogP contribution is -2.51. The van der Waals surface area contributed by atoms with Crippen LogP contribution in [-0.4, -0.2) is 5.54 Å². The van der Waals surface area contributed by atoms with E-state index < -0.39 is 5.54 Å². The van der Waals surface area contributed by atoms with E-state index in [0.29, 0.717) is 10.9 Å². The normalized spacial score (nSPS) is 26.2. The Labute approximate surface area is 141 Å². The average molecular weight is 370 g/mol. The molecule has 2 rings (SSSR count). The van der Waals surface area contributed by atoms with Gasteiger partial charge in [-0.05, 0) is 52.4 Å². The smallest absolute Gasteiger partial charge is 0.128 e. The molecule has 0 saturated heterocycles. The van der Waals surface area contributed by atoms with Gasteiger partial charge in [-0.2, -0.15) is 5.26 Å². The van der Waals surface area contributed by atoms with Crippen LogP contribution in [0.5, 0.6) is 0 Å². The summed E-state index contributed by atoms with van der Waals surface area (Å²) in [5.74, 6) is 0.332. The van der Waals surface area contributed by atoms with Crippen molar-refractivity contribution >= 4 is 33.2 Å². The van der Waals surface area contributed by atoms with Crippen LogP contribution in [-0.2, 0) is 0 Å². The third kappa shape index (κ3) is 3.55. The van der Waals surface area contributed by atoms with Gasteiger partial charge in [-0.15, -0.1) is 0 Å². The quantitative estimate of drug-likeness (QED) is 0.692. The third-order valence-electron chi connectivity index (χ3n) is 4.44. The molecule has 0 aliphatic heterocycles. The highest BCUT2D eigenvalue weighted by Crippen LogP contribution is 2.46. The molecular formula is C17H22BrClN2. The van der Waals surface area contributed by atoms with Crippen molar-refractivity contribution < 1.29 is 0 Å². The molecule has 1 aliphatic carbocycles. The highest BCUT2D eigenvalue weighted by Gasteiger charge is 2.46. The Balaban J connectivity index is 2.35. The molecule has 2 unspecified atom stereocenters. The van der Waals surface area contributed by atoms with Crippen molar-refractivity contribution in [3.63, 3.8) is 0 Å². The summed E-state index contributed by atoms with van der Waals surface area (Å²) >= 11 is 9.50. The Bertz CT molecular complexity index is 559. The van der Waals surface area contributed by atoms with E-state index in [4.69, 9.17) is 11.6 Å². The molecule has 2 nitrogen and oxygen atoms in total. The van der Waals surface area contributed by atoms with E-state index in [0.717, 1.165) is 29.4 Å². The number of rotatable bonds is 2. The molecule has 1 aromatic carbocycles. The summed E-state index contributed by atoms with van der Waals surface area (Å²) in [5.41, 5.74) is 0.556. The zero-order valence-corrected chi connectivity index (χ0v) is 15.2. The van der Waals surface area contributed by atoms with Gasteiger partial charge in [0.25, 0.3) is 0 Å². The Morgan fingerprint density at radius 2 is 2.10 bits per heavy atom. The summed E-state index contributed by atoms with van der Waals surface area (Å²) in [6.45, 7) is 6.69. The number of anilines is 1. The van der Waals surface area contributed by atoms with Crippen molar-refractivity contribution in [1.82, 2.24) is 0 Å². The summed E-state index contributed by atoms with van der Waals surface area (Å²) in [7, 11) is 0. The number of nitrogens with zero attached hydrogens (tertiary/aromatic N) is 1. The van der Waals surface area contributed by atoms with Gasteiger partial charge in [-0.1, -0.05) is 45.2 Å². The van der Waals surface area contributed by atoms with Crippen molar-refractivity contribution in [2.24, 2.45) is 11.3 Å². The topological polar surface area (TPSA) is 35.8 Å². The van der Waals surface area contributed by atoms with Gasteiger partial charge >= 0.3 is 0 Å². The van der Waals surface area contributed by atoms with Crippen LogP contribution in [0.1, 0.15) is 46.5 Å². The fourth-order valence-electron chi connectivity index (χ4n) is 3.49.